The van der Waals surface area contributed by atoms with Crippen LogP contribution in [0.1, 0.15) is 49.9 Å². The molecule has 0 amide bonds. The monoisotopic (exact) mass is 398 g/mol. The van der Waals surface area contributed by atoms with Gasteiger partial charge in [0.15, 0.2) is 0 Å². The van der Waals surface area contributed by atoms with E-state index in [1.807, 2.05) is 0 Å². The Balaban J connectivity index is 2.77. The predicted molar refractivity (Wildman–Crippen MR) is 112 cm³/mol. The maximum Gasteiger partial charge on any atom is 0.244 e. The molecule has 0 fully saturated rings. The van der Waals surface area contributed by atoms with Crippen molar-refractivity contribution in [3.8, 4) is 0 Å². The number of rotatable bonds is 6. The molecule has 0 saturated heterocycles. The molecule has 2 aromatic carbocycles. The lowest BCUT2D eigenvalue weighted by Gasteiger charge is -2.19. The van der Waals surface area contributed by atoms with Crippen molar-refractivity contribution in [3.05, 3.63) is 58.7 Å². The molecule has 25 heavy (non-hydrogen) atoms. The van der Waals surface area contributed by atoms with Gasteiger partial charge in [-0.3, -0.25) is 0 Å². The fraction of sp³-hybridized carbons (Fsp3) is 0.400. The molecular weight excluding hydrogens is 371 g/mol. The lowest BCUT2D eigenvalue weighted by atomic mass is 10.1. The third-order valence-electron chi connectivity index (χ3n) is 4.36. The second-order valence-corrected chi connectivity index (χ2v) is 13.2. The highest BCUT2D eigenvalue weighted by Gasteiger charge is 2.19. The molecule has 138 valence electrons. The summed E-state index contributed by atoms with van der Waals surface area (Å²) in [6, 6.07) is 12.7. The standard InChI is InChI=1S/C20H28ClO2PS/c1-5-15-9-16(6-2)12-19(11-15)25(24(21,22)23)20-13-17(7-3)10-18(8-4)14-20/h9-14,22-23H,5-8H2,1-4H3. The molecule has 0 spiro atoms. The second kappa shape index (κ2) is 8.88. The zero-order valence-corrected chi connectivity index (χ0v) is 17.9. The van der Waals surface area contributed by atoms with Crippen LogP contribution in [0.4, 0.5) is 0 Å². The van der Waals surface area contributed by atoms with Crippen molar-refractivity contribution < 1.29 is 9.79 Å². The third-order valence-corrected chi connectivity index (χ3v) is 10.1. The van der Waals surface area contributed by atoms with E-state index in [-0.39, 0.29) is 0 Å². The quantitative estimate of drug-likeness (QED) is 0.597. The van der Waals surface area contributed by atoms with Gasteiger partial charge in [-0.05, 0) is 83.4 Å². The van der Waals surface area contributed by atoms with Crippen LogP contribution in [-0.2, 0) is 35.8 Å². The molecular formula is C20H28ClO2PS. The summed E-state index contributed by atoms with van der Waals surface area (Å²) in [6.07, 6.45) is 3.66. The fourth-order valence-corrected chi connectivity index (χ4v) is 8.44. The third kappa shape index (κ3) is 5.21. The number of hydrogen-bond acceptors (Lipinski definition) is 0. The van der Waals surface area contributed by atoms with Crippen LogP contribution in [0.5, 0.6) is 0 Å². The summed E-state index contributed by atoms with van der Waals surface area (Å²) in [5.74, 6) is -3.59. The highest BCUT2D eigenvalue weighted by Crippen LogP contribution is 2.52. The van der Waals surface area contributed by atoms with E-state index in [1.54, 1.807) is 0 Å². The molecule has 0 radical (unpaired) electrons. The summed E-state index contributed by atoms with van der Waals surface area (Å²) in [7, 11) is -0.928. The van der Waals surface area contributed by atoms with E-state index >= 15 is 0 Å². The Kier molecular flexibility index (Phi) is 7.37. The zero-order valence-electron chi connectivity index (χ0n) is 15.4. The molecule has 2 rings (SSSR count). The molecule has 5 heteroatoms. The van der Waals surface area contributed by atoms with Crippen LogP contribution in [0.3, 0.4) is 0 Å². The van der Waals surface area contributed by atoms with E-state index in [4.69, 9.17) is 11.2 Å². The molecule has 0 saturated carbocycles. The van der Waals surface area contributed by atoms with Gasteiger partial charge in [0, 0.05) is 9.79 Å². The van der Waals surface area contributed by atoms with Crippen molar-refractivity contribution >= 4 is 27.2 Å². The number of halogens is 1. The Morgan fingerprint density at radius 1 is 0.680 bits per heavy atom. The van der Waals surface area contributed by atoms with Crippen LogP contribution in [-0.4, -0.2) is 9.79 Å². The van der Waals surface area contributed by atoms with Crippen molar-refractivity contribution in [1.29, 1.82) is 0 Å². The van der Waals surface area contributed by atoms with E-state index in [1.165, 1.54) is 22.3 Å². The molecule has 0 heterocycles. The summed E-state index contributed by atoms with van der Waals surface area (Å²) < 4.78 is 0. The van der Waals surface area contributed by atoms with Gasteiger partial charge >= 0.3 is 0 Å². The maximum absolute atomic E-state index is 10.5. The molecule has 2 nitrogen and oxygen atoms in total. The molecule has 0 aliphatic rings. The Morgan fingerprint density at radius 3 is 1.16 bits per heavy atom. The molecule has 0 atom stereocenters. The van der Waals surface area contributed by atoms with Crippen LogP contribution in [0.25, 0.3) is 0 Å². The van der Waals surface area contributed by atoms with Crippen molar-refractivity contribution in [2.75, 3.05) is 0 Å². The average molecular weight is 399 g/mol. The van der Waals surface area contributed by atoms with Gasteiger partial charge in [-0.15, -0.1) is 0 Å². The van der Waals surface area contributed by atoms with Gasteiger partial charge in [-0.1, -0.05) is 49.9 Å². The minimum atomic E-state index is -3.59. The zero-order chi connectivity index (χ0) is 18.6. The van der Waals surface area contributed by atoms with Crippen molar-refractivity contribution in [2.45, 2.75) is 63.2 Å². The predicted octanol–water partition coefficient (Wildman–Crippen LogP) is 5.87. The average Bonchev–Trinajstić information content (AvgIpc) is 2.59. The first-order valence-corrected chi connectivity index (χ1v) is 13.3. The fourth-order valence-electron chi connectivity index (χ4n) is 2.90. The second-order valence-electron chi connectivity index (χ2n) is 6.14. The lowest BCUT2D eigenvalue weighted by molar-refractivity contribution is 0.499. The maximum atomic E-state index is 10.5. The molecule has 0 bridgehead atoms. The van der Waals surface area contributed by atoms with E-state index in [0.717, 1.165) is 35.5 Å². The molecule has 0 unspecified atom stereocenters. The van der Waals surface area contributed by atoms with Crippen LogP contribution >= 0.6 is 17.1 Å². The van der Waals surface area contributed by atoms with E-state index in [0.29, 0.717) is 0 Å². The SMILES string of the molecule is CCc1cc(CC)cc(S(c2cc(CC)cc(CC)c2)=P(O)(O)Cl)c1. The summed E-state index contributed by atoms with van der Waals surface area (Å²) in [5.41, 5.74) is 4.83. The largest absolute Gasteiger partial charge is 0.337 e. The summed E-state index contributed by atoms with van der Waals surface area (Å²) in [4.78, 5) is 22.8. The first-order chi connectivity index (χ1) is 11.8. The highest BCUT2D eigenvalue weighted by atomic mass is 35.7. The van der Waals surface area contributed by atoms with Crippen LogP contribution < -0.4 is 0 Å². The van der Waals surface area contributed by atoms with Gasteiger partial charge < -0.3 is 9.79 Å². The minimum absolute atomic E-state index is 0.915. The lowest BCUT2D eigenvalue weighted by Crippen LogP contribution is -2.00. The first-order valence-electron chi connectivity index (χ1n) is 8.87. The van der Waals surface area contributed by atoms with Crippen LogP contribution in [0.15, 0.2) is 46.2 Å². The Labute approximate surface area is 158 Å². The van der Waals surface area contributed by atoms with Gasteiger partial charge in [-0.25, -0.2) is 0 Å². The minimum Gasteiger partial charge on any atom is -0.337 e. The Hall–Kier alpha value is -0.570. The van der Waals surface area contributed by atoms with E-state index in [2.05, 4.69) is 64.1 Å². The molecule has 0 aromatic heterocycles. The van der Waals surface area contributed by atoms with Crippen LogP contribution in [0, 0.1) is 0 Å². The van der Waals surface area contributed by atoms with Gasteiger partial charge in [0.25, 0.3) is 0 Å². The summed E-state index contributed by atoms with van der Waals surface area (Å²) >= 11 is 6.18. The normalized spacial score (nSPS) is 12.0. The van der Waals surface area contributed by atoms with Crippen molar-refractivity contribution in [3.63, 3.8) is 0 Å². The van der Waals surface area contributed by atoms with Crippen molar-refractivity contribution in [2.24, 2.45) is 0 Å². The van der Waals surface area contributed by atoms with Gasteiger partial charge in [0.1, 0.15) is 0 Å². The first kappa shape index (κ1) is 20.7. The van der Waals surface area contributed by atoms with E-state index < -0.39 is 15.9 Å². The number of benzene rings is 2. The molecule has 2 aromatic rings. The smallest absolute Gasteiger partial charge is 0.244 e. The Morgan fingerprint density at radius 2 is 0.960 bits per heavy atom. The molecule has 0 aliphatic carbocycles. The van der Waals surface area contributed by atoms with Crippen molar-refractivity contribution in [1.82, 2.24) is 0 Å². The van der Waals surface area contributed by atoms with E-state index in [9.17, 15) is 9.79 Å². The van der Waals surface area contributed by atoms with Crippen LogP contribution in [0.2, 0.25) is 0 Å². The Bertz CT molecular complexity index is 701. The van der Waals surface area contributed by atoms with Gasteiger partial charge in [-0.2, -0.15) is 0 Å². The van der Waals surface area contributed by atoms with Gasteiger partial charge in [0.2, 0.25) is 5.84 Å². The summed E-state index contributed by atoms with van der Waals surface area (Å²) in [5, 5.41) is 0. The summed E-state index contributed by atoms with van der Waals surface area (Å²) in [6.45, 7) is 8.46. The number of hydrogen-bond donors (Lipinski definition) is 2. The highest BCUT2D eigenvalue weighted by molar-refractivity contribution is 8.37. The molecule has 0 aliphatic heterocycles. The van der Waals surface area contributed by atoms with Gasteiger partial charge in [0.05, 0.1) is 0 Å². The molecule has 2 N–H and O–H groups in total. The number of aryl methyl sites for hydroxylation is 4. The topological polar surface area (TPSA) is 40.5 Å².